The van der Waals surface area contributed by atoms with E-state index in [1.807, 2.05) is 0 Å². The number of methoxy groups -OCH3 is 1. The van der Waals surface area contributed by atoms with E-state index in [1.54, 1.807) is 19.1 Å². The van der Waals surface area contributed by atoms with Crippen molar-refractivity contribution in [1.29, 1.82) is 0 Å². The van der Waals surface area contributed by atoms with E-state index in [1.165, 1.54) is 7.11 Å². The van der Waals surface area contributed by atoms with E-state index in [2.05, 4.69) is 10.3 Å². The summed E-state index contributed by atoms with van der Waals surface area (Å²) in [6.45, 7) is 1.94. The zero-order valence-electron chi connectivity index (χ0n) is 9.93. The molecule has 0 aliphatic rings. The van der Waals surface area contributed by atoms with Gasteiger partial charge in [-0.05, 0) is 12.1 Å². The number of aromatic nitrogens is 1. The van der Waals surface area contributed by atoms with Crippen LogP contribution in [0.4, 0.5) is 11.5 Å². The highest BCUT2D eigenvalue weighted by Crippen LogP contribution is 2.19. The Balaban J connectivity index is 2.58. The Kier molecular flexibility index (Phi) is 4.56. The molecule has 0 aliphatic heterocycles. The van der Waals surface area contributed by atoms with Gasteiger partial charge >= 0.3 is 0 Å². The molecule has 0 fully saturated rings. The first-order chi connectivity index (χ1) is 7.98. The van der Waals surface area contributed by atoms with Crippen molar-refractivity contribution in [2.45, 2.75) is 6.92 Å². The Morgan fingerprint density at radius 2 is 2.18 bits per heavy atom. The fourth-order valence-corrected chi connectivity index (χ4v) is 1.89. The number of nitrogen functional groups attached to an aromatic ring is 1. The largest absolute Gasteiger partial charge is 0.479 e. The van der Waals surface area contributed by atoms with Crippen molar-refractivity contribution in [2.24, 2.45) is 0 Å². The van der Waals surface area contributed by atoms with Crippen LogP contribution >= 0.6 is 0 Å². The zero-order valence-corrected chi connectivity index (χ0v) is 10.8. The van der Waals surface area contributed by atoms with Crippen molar-refractivity contribution >= 4 is 21.3 Å². The standard InChI is InChI=1S/C10H17N3O3S/c1-3-17(14,15)7-6-12-9-5-4-8(11)10(13-9)16-2/h4-5H,3,6-7,11H2,1-2H3,(H,12,13). The fraction of sp³-hybridized carbons (Fsp3) is 0.500. The van der Waals surface area contributed by atoms with Crippen LogP contribution in [0.3, 0.4) is 0 Å². The molecule has 6 nitrogen and oxygen atoms in total. The summed E-state index contributed by atoms with van der Waals surface area (Å²) in [5.74, 6) is 1.10. The van der Waals surface area contributed by atoms with Gasteiger partial charge in [0, 0.05) is 12.3 Å². The van der Waals surface area contributed by atoms with Gasteiger partial charge in [-0.25, -0.2) is 8.42 Å². The minimum atomic E-state index is -2.96. The summed E-state index contributed by atoms with van der Waals surface area (Å²) in [6, 6.07) is 3.33. The molecule has 0 saturated carbocycles. The molecule has 3 N–H and O–H groups in total. The Morgan fingerprint density at radius 1 is 1.47 bits per heavy atom. The average molecular weight is 259 g/mol. The molecule has 1 aromatic heterocycles. The number of pyridine rings is 1. The van der Waals surface area contributed by atoms with Gasteiger partial charge in [0.2, 0.25) is 5.88 Å². The maximum atomic E-state index is 11.3. The highest BCUT2D eigenvalue weighted by molar-refractivity contribution is 7.91. The maximum Gasteiger partial charge on any atom is 0.238 e. The third-order valence-corrected chi connectivity index (χ3v) is 3.95. The van der Waals surface area contributed by atoms with Gasteiger partial charge in [0.15, 0.2) is 9.84 Å². The van der Waals surface area contributed by atoms with Crippen molar-refractivity contribution in [2.75, 3.05) is 36.2 Å². The predicted molar refractivity (Wildman–Crippen MR) is 68.0 cm³/mol. The molecular weight excluding hydrogens is 242 g/mol. The summed E-state index contributed by atoms with van der Waals surface area (Å²) in [5, 5.41) is 2.91. The molecule has 1 rings (SSSR count). The van der Waals surface area contributed by atoms with Crippen molar-refractivity contribution in [3.63, 3.8) is 0 Å². The van der Waals surface area contributed by atoms with Crippen LogP contribution in [0.5, 0.6) is 5.88 Å². The van der Waals surface area contributed by atoms with Gasteiger partial charge in [0.25, 0.3) is 0 Å². The highest BCUT2D eigenvalue weighted by Gasteiger charge is 2.07. The van der Waals surface area contributed by atoms with Crippen LogP contribution in [0.2, 0.25) is 0 Å². The molecule has 0 aliphatic carbocycles. The first kappa shape index (κ1) is 13.6. The lowest BCUT2D eigenvalue weighted by Gasteiger charge is -2.08. The van der Waals surface area contributed by atoms with Crippen molar-refractivity contribution < 1.29 is 13.2 Å². The molecule has 0 amide bonds. The second kappa shape index (κ2) is 5.72. The Labute approximate surface area is 101 Å². The number of hydrogen-bond acceptors (Lipinski definition) is 6. The van der Waals surface area contributed by atoms with Gasteiger partial charge in [0.1, 0.15) is 5.82 Å². The first-order valence-corrected chi connectivity index (χ1v) is 7.05. The van der Waals surface area contributed by atoms with Crippen LogP contribution in [0.25, 0.3) is 0 Å². The van der Waals surface area contributed by atoms with Gasteiger partial charge in [-0.1, -0.05) is 6.92 Å². The highest BCUT2D eigenvalue weighted by atomic mass is 32.2. The molecule has 0 saturated heterocycles. The van der Waals surface area contributed by atoms with E-state index in [9.17, 15) is 8.42 Å². The van der Waals surface area contributed by atoms with Gasteiger partial charge in [0.05, 0.1) is 18.6 Å². The zero-order chi connectivity index (χ0) is 12.9. The Hall–Kier alpha value is -1.50. The molecule has 0 radical (unpaired) electrons. The molecule has 1 aromatic rings. The lowest BCUT2D eigenvalue weighted by atomic mass is 10.4. The normalized spacial score (nSPS) is 11.2. The molecule has 0 bridgehead atoms. The number of rotatable bonds is 6. The monoisotopic (exact) mass is 259 g/mol. The number of hydrogen-bond donors (Lipinski definition) is 2. The molecule has 0 spiro atoms. The SMILES string of the molecule is CCS(=O)(=O)CCNc1ccc(N)c(OC)n1. The third-order valence-electron chi connectivity index (χ3n) is 2.24. The maximum absolute atomic E-state index is 11.3. The number of ether oxygens (including phenoxy) is 1. The number of nitrogens with two attached hydrogens (primary N) is 1. The smallest absolute Gasteiger partial charge is 0.238 e. The second-order valence-corrected chi connectivity index (χ2v) is 5.93. The molecule has 96 valence electrons. The fourth-order valence-electron chi connectivity index (χ4n) is 1.19. The number of sulfone groups is 1. The number of anilines is 2. The summed E-state index contributed by atoms with van der Waals surface area (Å²) in [4.78, 5) is 4.08. The average Bonchev–Trinajstić information content (AvgIpc) is 2.31. The summed E-state index contributed by atoms with van der Waals surface area (Å²) < 4.78 is 27.5. The third kappa shape index (κ3) is 4.10. The van der Waals surface area contributed by atoms with E-state index in [-0.39, 0.29) is 11.5 Å². The minimum Gasteiger partial charge on any atom is -0.479 e. The molecule has 0 aromatic carbocycles. The molecule has 0 unspecified atom stereocenters. The van der Waals surface area contributed by atoms with Crippen molar-refractivity contribution in [1.82, 2.24) is 4.98 Å². The van der Waals surface area contributed by atoms with Crippen molar-refractivity contribution in [3.8, 4) is 5.88 Å². The first-order valence-electron chi connectivity index (χ1n) is 5.23. The lowest BCUT2D eigenvalue weighted by molar-refractivity contribution is 0.401. The van der Waals surface area contributed by atoms with Crippen LogP contribution in [-0.2, 0) is 9.84 Å². The molecule has 0 atom stereocenters. The van der Waals surface area contributed by atoms with Crippen LogP contribution < -0.4 is 15.8 Å². The lowest BCUT2D eigenvalue weighted by Crippen LogP contribution is -2.17. The summed E-state index contributed by atoms with van der Waals surface area (Å²) in [6.07, 6.45) is 0. The summed E-state index contributed by atoms with van der Waals surface area (Å²) in [5.41, 5.74) is 6.05. The van der Waals surface area contributed by atoms with Crippen LogP contribution in [-0.4, -0.2) is 38.6 Å². The Morgan fingerprint density at radius 3 is 2.76 bits per heavy atom. The molecule has 17 heavy (non-hydrogen) atoms. The number of nitrogens with zero attached hydrogens (tertiary/aromatic N) is 1. The van der Waals surface area contributed by atoms with Crippen LogP contribution in [0.1, 0.15) is 6.92 Å². The van der Waals surface area contributed by atoms with Crippen LogP contribution in [0, 0.1) is 0 Å². The predicted octanol–water partition coefficient (Wildman–Crippen LogP) is 0.519. The van der Waals surface area contributed by atoms with Gasteiger partial charge in [-0.3, -0.25) is 0 Å². The van der Waals surface area contributed by atoms with E-state index in [0.29, 0.717) is 23.9 Å². The van der Waals surface area contributed by atoms with E-state index in [0.717, 1.165) is 0 Å². The summed E-state index contributed by atoms with van der Waals surface area (Å²) >= 11 is 0. The minimum absolute atomic E-state index is 0.0812. The van der Waals surface area contributed by atoms with E-state index in [4.69, 9.17) is 10.5 Å². The van der Waals surface area contributed by atoms with Gasteiger partial charge in [-0.2, -0.15) is 4.98 Å². The Bertz CT molecular complexity index is 474. The molecule has 7 heteroatoms. The van der Waals surface area contributed by atoms with Crippen LogP contribution in [0.15, 0.2) is 12.1 Å². The van der Waals surface area contributed by atoms with Crippen molar-refractivity contribution in [3.05, 3.63) is 12.1 Å². The second-order valence-electron chi connectivity index (χ2n) is 3.46. The number of nitrogens with one attached hydrogen (secondary N) is 1. The molecule has 1 heterocycles. The van der Waals surface area contributed by atoms with E-state index < -0.39 is 9.84 Å². The van der Waals surface area contributed by atoms with Gasteiger partial charge in [-0.15, -0.1) is 0 Å². The quantitative estimate of drug-likeness (QED) is 0.773. The topological polar surface area (TPSA) is 94.3 Å². The summed E-state index contributed by atoms with van der Waals surface area (Å²) in [7, 11) is -1.48. The molecular formula is C10H17N3O3S. The van der Waals surface area contributed by atoms with Gasteiger partial charge < -0.3 is 15.8 Å². The van der Waals surface area contributed by atoms with E-state index >= 15 is 0 Å².